The molecule has 5 heteroatoms. The van der Waals surface area contributed by atoms with Gasteiger partial charge in [-0.15, -0.1) is 0 Å². The smallest absolute Gasteiger partial charge is 0.255 e. The SMILES string of the molecule is CC1CC(C)CN(C(=O)c2ccccc2NC(=O)c2ccc(-n3cccc3)cc2)C1. The number of piperidine rings is 1. The fourth-order valence-corrected chi connectivity index (χ4v) is 4.26. The highest BCUT2D eigenvalue weighted by molar-refractivity contribution is 6.09. The van der Waals surface area contributed by atoms with Crippen LogP contribution in [0.15, 0.2) is 73.1 Å². The number of hydrogen-bond acceptors (Lipinski definition) is 2. The molecule has 0 aliphatic carbocycles. The first-order chi connectivity index (χ1) is 14.5. The average molecular weight is 402 g/mol. The van der Waals surface area contributed by atoms with E-state index >= 15 is 0 Å². The van der Waals surface area contributed by atoms with Gasteiger partial charge in [0.1, 0.15) is 0 Å². The predicted octanol–water partition coefficient (Wildman–Crippen LogP) is 4.85. The third kappa shape index (κ3) is 4.30. The summed E-state index contributed by atoms with van der Waals surface area (Å²) in [5.74, 6) is 0.721. The summed E-state index contributed by atoms with van der Waals surface area (Å²) in [6.07, 6.45) is 5.06. The Hall–Kier alpha value is -3.34. The molecule has 154 valence electrons. The lowest BCUT2D eigenvalue weighted by atomic mass is 9.91. The van der Waals surface area contributed by atoms with Crippen LogP contribution < -0.4 is 5.32 Å². The molecule has 1 aliphatic heterocycles. The third-order valence-corrected chi connectivity index (χ3v) is 5.59. The molecule has 3 aromatic rings. The summed E-state index contributed by atoms with van der Waals surface area (Å²) in [5, 5.41) is 2.93. The van der Waals surface area contributed by atoms with Gasteiger partial charge in [0.2, 0.25) is 0 Å². The molecule has 0 bridgehead atoms. The van der Waals surface area contributed by atoms with E-state index in [0.29, 0.717) is 28.7 Å². The van der Waals surface area contributed by atoms with Crippen LogP contribution in [0.4, 0.5) is 5.69 Å². The number of carbonyl (C=O) groups excluding carboxylic acids is 2. The number of amides is 2. The monoisotopic (exact) mass is 401 g/mol. The molecule has 5 nitrogen and oxygen atoms in total. The molecular formula is C25H27N3O2. The Kier molecular flexibility index (Phi) is 5.70. The fraction of sp³-hybridized carbons (Fsp3) is 0.280. The van der Waals surface area contributed by atoms with Crippen LogP contribution in [0.2, 0.25) is 0 Å². The highest BCUT2D eigenvalue weighted by Crippen LogP contribution is 2.25. The lowest BCUT2D eigenvalue weighted by Gasteiger charge is -2.35. The zero-order chi connectivity index (χ0) is 21.1. The first-order valence-corrected chi connectivity index (χ1v) is 10.4. The lowest BCUT2D eigenvalue weighted by Crippen LogP contribution is -2.42. The summed E-state index contributed by atoms with van der Waals surface area (Å²) in [5.41, 5.74) is 2.62. The highest BCUT2D eigenvalue weighted by Gasteiger charge is 2.27. The van der Waals surface area contributed by atoms with Crippen molar-refractivity contribution in [3.63, 3.8) is 0 Å². The number of likely N-dealkylation sites (tertiary alicyclic amines) is 1. The molecule has 0 radical (unpaired) electrons. The molecule has 4 rings (SSSR count). The van der Waals surface area contributed by atoms with Crippen molar-refractivity contribution in [2.24, 2.45) is 11.8 Å². The molecule has 0 spiro atoms. The second kappa shape index (κ2) is 8.57. The molecule has 1 fully saturated rings. The van der Waals surface area contributed by atoms with Crippen LogP contribution in [-0.4, -0.2) is 34.4 Å². The van der Waals surface area contributed by atoms with E-state index in [0.717, 1.165) is 25.2 Å². The van der Waals surface area contributed by atoms with E-state index < -0.39 is 0 Å². The maximum atomic E-state index is 13.2. The standard InChI is InChI=1S/C25H27N3O2/c1-18-15-19(2)17-28(16-18)25(30)22-7-3-4-8-23(22)26-24(29)20-9-11-21(12-10-20)27-13-5-6-14-27/h3-14,18-19H,15-17H2,1-2H3,(H,26,29). The second-order valence-corrected chi connectivity index (χ2v) is 8.29. The first kappa shape index (κ1) is 20.0. The van der Waals surface area contributed by atoms with E-state index in [2.05, 4.69) is 19.2 Å². The molecule has 2 aromatic carbocycles. The Balaban J connectivity index is 1.51. The Morgan fingerprint density at radius 2 is 1.50 bits per heavy atom. The fourth-order valence-electron chi connectivity index (χ4n) is 4.26. The number of benzene rings is 2. The van der Waals surface area contributed by atoms with Crippen molar-refractivity contribution in [3.8, 4) is 5.69 Å². The zero-order valence-corrected chi connectivity index (χ0v) is 17.4. The van der Waals surface area contributed by atoms with Crippen molar-refractivity contribution < 1.29 is 9.59 Å². The van der Waals surface area contributed by atoms with Gasteiger partial charge < -0.3 is 14.8 Å². The zero-order valence-electron chi connectivity index (χ0n) is 17.4. The number of nitrogens with one attached hydrogen (secondary N) is 1. The van der Waals surface area contributed by atoms with Crippen LogP contribution in [0.3, 0.4) is 0 Å². The number of hydrogen-bond donors (Lipinski definition) is 1. The number of nitrogens with zero attached hydrogens (tertiary/aromatic N) is 2. The van der Waals surface area contributed by atoms with E-state index in [1.165, 1.54) is 0 Å². The topological polar surface area (TPSA) is 54.3 Å². The maximum Gasteiger partial charge on any atom is 0.255 e. The first-order valence-electron chi connectivity index (χ1n) is 10.4. The number of para-hydroxylation sites is 1. The number of anilines is 1. The Morgan fingerprint density at radius 3 is 2.17 bits per heavy atom. The van der Waals surface area contributed by atoms with Crippen LogP contribution in [0.1, 0.15) is 41.0 Å². The van der Waals surface area contributed by atoms with E-state index in [1.54, 1.807) is 24.3 Å². The normalized spacial score (nSPS) is 18.8. The molecule has 1 aromatic heterocycles. The lowest BCUT2D eigenvalue weighted by molar-refractivity contribution is 0.0624. The molecule has 2 unspecified atom stereocenters. The average Bonchev–Trinajstić information content (AvgIpc) is 3.28. The molecule has 2 atom stereocenters. The molecule has 1 aliphatic rings. The molecule has 2 heterocycles. The quantitative estimate of drug-likeness (QED) is 0.680. The summed E-state index contributed by atoms with van der Waals surface area (Å²) >= 11 is 0. The van der Waals surface area contributed by atoms with E-state index in [9.17, 15) is 9.59 Å². The molecule has 1 N–H and O–H groups in total. The molecule has 2 amide bonds. The van der Waals surface area contributed by atoms with Crippen molar-refractivity contribution in [2.45, 2.75) is 20.3 Å². The van der Waals surface area contributed by atoms with E-state index in [-0.39, 0.29) is 11.8 Å². The van der Waals surface area contributed by atoms with Gasteiger partial charge >= 0.3 is 0 Å². The van der Waals surface area contributed by atoms with Crippen LogP contribution in [0.5, 0.6) is 0 Å². The van der Waals surface area contributed by atoms with Crippen LogP contribution in [0, 0.1) is 11.8 Å². The van der Waals surface area contributed by atoms with Crippen LogP contribution in [0.25, 0.3) is 5.69 Å². The van der Waals surface area contributed by atoms with Crippen molar-refractivity contribution >= 4 is 17.5 Å². The van der Waals surface area contributed by atoms with E-state index in [1.807, 2.05) is 58.3 Å². The van der Waals surface area contributed by atoms with Crippen LogP contribution >= 0.6 is 0 Å². The summed E-state index contributed by atoms with van der Waals surface area (Å²) in [4.78, 5) is 27.9. The summed E-state index contributed by atoms with van der Waals surface area (Å²) in [6, 6.07) is 18.6. The molecule has 30 heavy (non-hydrogen) atoms. The largest absolute Gasteiger partial charge is 0.338 e. The predicted molar refractivity (Wildman–Crippen MR) is 119 cm³/mol. The van der Waals surface area contributed by atoms with E-state index in [4.69, 9.17) is 0 Å². The minimum absolute atomic E-state index is 0.0211. The van der Waals surface area contributed by atoms with Gasteiger partial charge in [0.05, 0.1) is 11.3 Å². The van der Waals surface area contributed by atoms with Crippen LogP contribution in [-0.2, 0) is 0 Å². The van der Waals surface area contributed by atoms with Crippen molar-refractivity contribution in [2.75, 3.05) is 18.4 Å². The van der Waals surface area contributed by atoms with Gasteiger partial charge in [-0.05, 0) is 66.8 Å². The third-order valence-electron chi connectivity index (χ3n) is 5.59. The van der Waals surface area contributed by atoms with Gasteiger partial charge in [-0.1, -0.05) is 26.0 Å². The maximum absolute atomic E-state index is 13.2. The summed E-state index contributed by atoms with van der Waals surface area (Å²) in [6.45, 7) is 5.88. The summed E-state index contributed by atoms with van der Waals surface area (Å²) in [7, 11) is 0. The van der Waals surface area contributed by atoms with Crippen molar-refractivity contribution in [3.05, 3.63) is 84.2 Å². The van der Waals surface area contributed by atoms with Gasteiger partial charge in [0, 0.05) is 36.7 Å². The minimum Gasteiger partial charge on any atom is -0.338 e. The summed E-state index contributed by atoms with van der Waals surface area (Å²) < 4.78 is 1.98. The number of aromatic nitrogens is 1. The van der Waals surface area contributed by atoms with Crippen molar-refractivity contribution in [1.29, 1.82) is 0 Å². The molecular weight excluding hydrogens is 374 g/mol. The van der Waals surface area contributed by atoms with Gasteiger partial charge in [0.25, 0.3) is 11.8 Å². The molecule has 1 saturated heterocycles. The van der Waals surface area contributed by atoms with Gasteiger partial charge in [-0.2, -0.15) is 0 Å². The van der Waals surface area contributed by atoms with Crippen molar-refractivity contribution in [1.82, 2.24) is 9.47 Å². The Labute approximate surface area is 177 Å². The molecule has 0 saturated carbocycles. The van der Waals surface area contributed by atoms with Gasteiger partial charge in [-0.3, -0.25) is 9.59 Å². The van der Waals surface area contributed by atoms with Gasteiger partial charge in [0.15, 0.2) is 0 Å². The highest BCUT2D eigenvalue weighted by atomic mass is 16.2. The minimum atomic E-state index is -0.227. The second-order valence-electron chi connectivity index (χ2n) is 8.29. The Morgan fingerprint density at radius 1 is 0.867 bits per heavy atom. The Bertz CT molecular complexity index is 1010. The van der Waals surface area contributed by atoms with Gasteiger partial charge in [-0.25, -0.2) is 0 Å². The number of rotatable bonds is 4. The number of carbonyl (C=O) groups is 2.